The van der Waals surface area contributed by atoms with Gasteiger partial charge in [0.1, 0.15) is 0 Å². The standard InChI is InChI=1S/C9H19NO2/c1-8(2)12-7-9-6-10-4-3-5-11-9/h8-10H,3-7H2,1-2H3/t9-/m0/s1. The van der Waals surface area contributed by atoms with Crippen LogP contribution in [0.1, 0.15) is 20.3 Å². The van der Waals surface area contributed by atoms with Crippen molar-refractivity contribution in [3.05, 3.63) is 0 Å². The van der Waals surface area contributed by atoms with Gasteiger partial charge < -0.3 is 14.8 Å². The van der Waals surface area contributed by atoms with Crippen LogP contribution in [0.5, 0.6) is 0 Å². The smallest absolute Gasteiger partial charge is 0.0932 e. The summed E-state index contributed by atoms with van der Waals surface area (Å²) in [5.41, 5.74) is 0. The molecule has 0 saturated carbocycles. The van der Waals surface area contributed by atoms with Crippen LogP contribution in [0.4, 0.5) is 0 Å². The van der Waals surface area contributed by atoms with Crippen molar-refractivity contribution < 1.29 is 9.47 Å². The van der Waals surface area contributed by atoms with Gasteiger partial charge in [0, 0.05) is 13.2 Å². The fraction of sp³-hybridized carbons (Fsp3) is 1.00. The Morgan fingerprint density at radius 2 is 2.42 bits per heavy atom. The molecule has 0 aromatic heterocycles. The van der Waals surface area contributed by atoms with E-state index in [1.807, 2.05) is 13.8 Å². The van der Waals surface area contributed by atoms with E-state index in [0.29, 0.717) is 12.7 Å². The van der Waals surface area contributed by atoms with E-state index < -0.39 is 0 Å². The summed E-state index contributed by atoms with van der Waals surface area (Å²) < 4.78 is 11.0. The first kappa shape index (κ1) is 9.96. The van der Waals surface area contributed by atoms with E-state index in [-0.39, 0.29) is 6.10 Å². The first-order valence-electron chi connectivity index (χ1n) is 4.73. The predicted octanol–water partition coefficient (Wildman–Crippen LogP) is 0.790. The minimum Gasteiger partial charge on any atom is -0.376 e. The Kier molecular flexibility index (Phi) is 4.58. The topological polar surface area (TPSA) is 30.5 Å². The molecule has 0 amide bonds. The molecule has 3 heteroatoms. The maximum absolute atomic E-state index is 5.57. The van der Waals surface area contributed by atoms with Crippen LogP contribution in [-0.2, 0) is 9.47 Å². The van der Waals surface area contributed by atoms with Crippen molar-refractivity contribution in [2.24, 2.45) is 0 Å². The maximum Gasteiger partial charge on any atom is 0.0932 e. The SMILES string of the molecule is CC(C)OC[C@@H]1CNCCCO1. The first-order valence-corrected chi connectivity index (χ1v) is 4.73. The summed E-state index contributed by atoms with van der Waals surface area (Å²) in [6, 6.07) is 0. The van der Waals surface area contributed by atoms with Crippen LogP contribution >= 0.6 is 0 Å². The third kappa shape index (κ3) is 4.04. The molecule has 0 aromatic rings. The van der Waals surface area contributed by atoms with E-state index >= 15 is 0 Å². The molecule has 1 saturated heterocycles. The summed E-state index contributed by atoms with van der Waals surface area (Å²) in [6.07, 6.45) is 1.66. The Hall–Kier alpha value is -0.120. The van der Waals surface area contributed by atoms with Gasteiger partial charge >= 0.3 is 0 Å². The van der Waals surface area contributed by atoms with Gasteiger partial charge in [-0.05, 0) is 26.8 Å². The van der Waals surface area contributed by atoms with Crippen LogP contribution in [0, 0.1) is 0 Å². The molecular formula is C9H19NO2. The zero-order valence-electron chi connectivity index (χ0n) is 8.01. The fourth-order valence-electron chi connectivity index (χ4n) is 1.18. The van der Waals surface area contributed by atoms with E-state index in [9.17, 15) is 0 Å². The zero-order valence-corrected chi connectivity index (χ0v) is 8.01. The number of hydrogen-bond donors (Lipinski definition) is 1. The molecule has 1 aliphatic heterocycles. The van der Waals surface area contributed by atoms with Gasteiger partial charge in [-0.1, -0.05) is 0 Å². The number of nitrogens with one attached hydrogen (secondary N) is 1. The van der Waals surface area contributed by atoms with Crippen LogP contribution in [0.25, 0.3) is 0 Å². The summed E-state index contributed by atoms with van der Waals surface area (Å²) in [5.74, 6) is 0. The van der Waals surface area contributed by atoms with Crippen LogP contribution in [0.3, 0.4) is 0 Å². The number of ether oxygens (including phenoxy) is 2. The fourth-order valence-corrected chi connectivity index (χ4v) is 1.18. The van der Waals surface area contributed by atoms with Crippen LogP contribution in [0.15, 0.2) is 0 Å². The molecule has 0 unspecified atom stereocenters. The molecule has 0 aliphatic carbocycles. The van der Waals surface area contributed by atoms with Crippen LogP contribution in [-0.4, -0.2) is 38.5 Å². The van der Waals surface area contributed by atoms with Crippen LogP contribution < -0.4 is 5.32 Å². The summed E-state index contributed by atoms with van der Waals surface area (Å²) in [5, 5.41) is 3.32. The molecule has 12 heavy (non-hydrogen) atoms. The molecule has 3 nitrogen and oxygen atoms in total. The molecule has 0 spiro atoms. The summed E-state index contributed by atoms with van der Waals surface area (Å²) in [4.78, 5) is 0. The zero-order chi connectivity index (χ0) is 8.81. The van der Waals surface area contributed by atoms with Gasteiger partial charge in [0.15, 0.2) is 0 Å². The van der Waals surface area contributed by atoms with Gasteiger partial charge in [-0.25, -0.2) is 0 Å². The Morgan fingerprint density at radius 1 is 1.58 bits per heavy atom. The molecule has 0 aromatic carbocycles. The molecule has 1 aliphatic rings. The molecule has 1 rings (SSSR count). The Morgan fingerprint density at radius 3 is 3.17 bits per heavy atom. The minimum atomic E-state index is 0.245. The third-order valence-electron chi connectivity index (χ3n) is 1.84. The van der Waals surface area contributed by atoms with Crippen molar-refractivity contribution in [2.75, 3.05) is 26.3 Å². The second-order valence-electron chi connectivity index (χ2n) is 3.43. The normalized spacial score (nSPS) is 25.8. The molecule has 1 atom stereocenters. The van der Waals surface area contributed by atoms with Gasteiger partial charge in [0.25, 0.3) is 0 Å². The summed E-state index contributed by atoms with van der Waals surface area (Å²) in [6.45, 7) is 7.66. The van der Waals surface area contributed by atoms with Gasteiger partial charge in [-0.15, -0.1) is 0 Å². The highest BCUT2D eigenvalue weighted by Gasteiger charge is 2.12. The van der Waals surface area contributed by atoms with E-state index in [0.717, 1.165) is 26.1 Å². The summed E-state index contributed by atoms with van der Waals surface area (Å²) in [7, 11) is 0. The summed E-state index contributed by atoms with van der Waals surface area (Å²) >= 11 is 0. The van der Waals surface area contributed by atoms with Gasteiger partial charge in [-0.2, -0.15) is 0 Å². The second-order valence-corrected chi connectivity index (χ2v) is 3.43. The quantitative estimate of drug-likeness (QED) is 0.684. The lowest BCUT2D eigenvalue weighted by Crippen LogP contribution is -2.31. The lowest BCUT2D eigenvalue weighted by Gasteiger charge is -2.16. The van der Waals surface area contributed by atoms with Crippen molar-refractivity contribution in [3.63, 3.8) is 0 Å². The van der Waals surface area contributed by atoms with Gasteiger partial charge in [0.2, 0.25) is 0 Å². The highest BCUT2D eigenvalue weighted by atomic mass is 16.5. The van der Waals surface area contributed by atoms with Crippen molar-refractivity contribution in [1.82, 2.24) is 5.32 Å². The van der Waals surface area contributed by atoms with E-state index in [1.165, 1.54) is 0 Å². The number of rotatable bonds is 3. The Labute approximate surface area is 74.4 Å². The van der Waals surface area contributed by atoms with E-state index in [1.54, 1.807) is 0 Å². The molecule has 1 heterocycles. The predicted molar refractivity (Wildman–Crippen MR) is 48.3 cm³/mol. The van der Waals surface area contributed by atoms with Crippen molar-refractivity contribution in [3.8, 4) is 0 Å². The molecule has 1 fully saturated rings. The largest absolute Gasteiger partial charge is 0.376 e. The van der Waals surface area contributed by atoms with Gasteiger partial charge in [0.05, 0.1) is 18.8 Å². The Bertz CT molecular complexity index is 109. The molecular weight excluding hydrogens is 154 g/mol. The molecule has 0 bridgehead atoms. The van der Waals surface area contributed by atoms with Crippen LogP contribution in [0.2, 0.25) is 0 Å². The van der Waals surface area contributed by atoms with Crippen molar-refractivity contribution >= 4 is 0 Å². The highest BCUT2D eigenvalue weighted by Crippen LogP contribution is 1.99. The maximum atomic E-state index is 5.57. The third-order valence-corrected chi connectivity index (χ3v) is 1.84. The minimum absolute atomic E-state index is 0.245. The second kappa shape index (κ2) is 5.51. The lowest BCUT2D eigenvalue weighted by atomic mass is 10.3. The lowest BCUT2D eigenvalue weighted by molar-refractivity contribution is -0.0271. The van der Waals surface area contributed by atoms with Crippen molar-refractivity contribution in [2.45, 2.75) is 32.5 Å². The highest BCUT2D eigenvalue weighted by molar-refractivity contribution is 4.65. The Balaban J connectivity index is 2.12. The van der Waals surface area contributed by atoms with Crippen molar-refractivity contribution in [1.29, 1.82) is 0 Å². The average molecular weight is 173 g/mol. The molecule has 72 valence electrons. The monoisotopic (exact) mass is 173 g/mol. The van der Waals surface area contributed by atoms with E-state index in [4.69, 9.17) is 9.47 Å². The average Bonchev–Trinajstić information content (AvgIpc) is 2.28. The first-order chi connectivity index (χ1) is 5.79. The van der Waals surface area contributed by atoms with E-state index in [2.05, 4.69) is 5.32 Å². The molecule has 0 radical (unpaired) electrons. The van der Waals surface area contributed by atoms with Gasteiger partial charge in [-0.3, -0.25) is 0 Å². The number of hydrogen-bond acceptors (Lipinski definition) is 3. The molecule has 1 N–H and O–H groups in total.